The summed E-state index contributed by atoms with van der Waals surface area (Å²) in [6, 6.07) is 0. The van der Waals surface area contributed by atoms with Crippen LogP contribution >= 0.6 is 0 Å². The fourth-order valence-electron chi connectivity index (χ4n) is 3.62. The fraction of sp³-hybridized carbons (Fsp3) is 0.800. The van der Waals surface area contributed by atoms with Crippen LogP contribution in [-0.2, 0) is 25.7 Å². The molecule has 1 aliphatic heterocycles. The van der Waals surface area contributed by atoms with Crippen LogP contribution in [0.25, 0.3) is 0 Å². The minimum Gasteiger partial charge on any atom is -0.324 e. The topological polar surface area (TPSA) is 29.9 Å². The first-order valence-corrected chi connectivity index (χ1v) is 7.92. The molecule has 1 aromatic heterocycles. The quantitative estimate of drug-likeness (QED) is 0.926. The minimum atomic E-state index is -4.36. The second kappa shape index (κ2) is 5.99. The molecule has 3 nitrogen and oxygen atoms in total. The van der Waals surface area contributed by atoms with E-state index >= 15 is 0 Å². The molecule has 0 atom stereocenters. The molecule has 1 saturated carbocycles. The Labute approximate surface area is 122 Å². The lowest BCUT2D eigenvalue weighted by Crippen LogP contribution is -2.25. The lowest BCUT2D eigenvalue weighted by molar-refractivity contribution is -0.147. The molecule has 1 aliphatic carbocycles. The van der Waals surface area contributed by atoms with Crippen molar-refractivity contribution in [1.29, 1.82) is 0 Å². The molecule has 0 bridgehead atoms. The first-order chi connectivity index (χ1) is 10.1. The second-order valence-corrected chi connectivity index (χ2v) is 6.20. The SMILES string of the molecule is FC(F)(F)c1nc2c(n1CCC1CCCCC1)CCNC2. The molecule has 0 spiro atoms. The first kappa shape index (κ1) is 14.9. The molecule has 21 heavy (non-hydrogen) atoms. The molecule has 6 heteroatoms. The van der Waals surface area contributed by atoms with Gasteiger partial charge in [-0.05, 0) is 12.3 Å². The number of rotatable bonds is 3. The molecule has 118 valence electrons. The highest BCUT2D eigenvalue weighted by molar-refractivity contribution is 5.21. The number of nitrogens with one attached hydrogen (secondary N) is 1. The van der Waals surface area contributed by atoms with Crippen LogP contribution in [0.15, 0.2) is 0 Å². The summed E-state index contributed by atoms with van der Waals surface area (Å²) in [4.78, 5) is 3.86. The zero-order chi connectivity index (χ0) is 14.9. The highest BCUT2D eigenvalue weighted by atomic mass is 19.4. The van der Waals surface area contributed by atoms with Gasteiger partial charge in [-0.25, -0.2) is 4.98 Å². The number of imidazole rings is 1. The van der Waals surface area contributed by atoms with Gasteiger partial charge in [0.1, 0.15) is 0 Å². The summed E-state index contributed by atoms with van der Waals surface area (Å²) in [5.74, 6) is -0.119. The van der Waals surface area contributed by atoms with Gasteiger partial charge in [0.2, 0.25) is 5.82 Å². The third kappa shape index (κ3) is 3.25. The van der Waals surface area contributed by atoms with Crippen LogP contribution in [0.4, 0.5) is 13.2 Å². The maximum atomic E-state index is 13.2. The van der Waals surface area contributed by atoms with Gasteiger partial charge in [0, 0.05) is 31.7 Å². The summed E-state index contributed by atoms with van der Waals surface area (Å²) in [6.45, 7) is 1.65. The monoisotopic (exact) mass is 301 g/mol. The van der Waals surface area contributed by atoms with Crippen molar-refractivity contribution in [2.75, 3.05) is 6.54 Å². The van der Waals surface area contributed by atoms with Crippen molar-refractivity contribution in [1.82, 2.24) is 14.9 Å². The first-order valence-electron chi connectivity index (χ1n) is 7.92. The Balaban J connectivity index is 1.79. The summed E-state index contributed by atoms with van der Waals surface area (Å²) in [5.41, 5.74) is 1.37. The molecule has 2 aliphatic rings. The van der Waals surface area contributed by atoms with Gasteiger partial charge < -0.3 is 9.88 Å². The maximum absolute atomic E-state index is 13.2. The predicted molar refractivity (Wildman–Crippen MR) is 73.8 cm³/mol. The number of aromatic nitrogens is 2. The van der Waals surface area contributed by atoms with E-state index in [0.29, 0.717) is 31.1 Å². The smallest absolute Gasteiger partial charge is 0.324 e. The van der Waals surface area contributed by atoms with Gasteiger partial charge in [-0.3, -0.25) is 0 Å². The Morgan fingerprint density at radius 1 is 1.19 bits per heavy atom. The summed E-state index contributed by atoms with van der Waals surface area (Å²) in [7, 11) is 0. The number of alkyl halides is 3. The molecule has 1 fully saturated rings. The standard InChI is InChI=1S/C15H22F3N3/c16-15(17,18)14-20-12-10-19-8-6-13(12)21(14)9-7-11-4-2-1-3-5-11/h11,19H,1-10H2. The van der Waals surface area contributed by atoms with Gasteiger partial charge in [-0.1, -0.05) is 32.1 Å². The lowest BCUT2D eigenvalue weighted by Gasteiger charge is -2.23. The Morgan fingerprint density at radius 2 is 1.95 bits per heavy atom. The van der Waals surface area contributed by atoms with Crippen LogP contribution < -0.4 is 5.32 Å². The molecule has 0 saturated heterocycles. The van der Waals surface area contributed by atoms with Crippen molar-refractivity contribution in [3.05, 3.63) is 17.2 Å². The molecular weight excluding hydrogens is 279 g/mol. The molecule has 0 unspecified atom stereocenters. The average molecular weight is 301 g/mol. The number of hydrogen-bond donors (Lipinski definition) is 1. The van der Waals surface area contributed by atoms with Crippen LogP contribution in [0.1, 0.15) is 55.7 Å². The molecule has 0 amide bonds. The Bertz CT molecular complexity index is 487. The van der Waals surface area contributed by atoms with E-state index in [1.807, 2.05) is 0 Å². The zero-order valence-corrected chi connectivity index (χ0v) is 12.2. The average Bonchev–Trinajstić information content (AvgIpc) is 2.85. The molecule has 3 rings (SSSR count). The van der Waals surface area contributed by atoms with Crippen LogP contribution in [0.5, 0.6) is 0 Å². The van der Waals surface area contributed by atoms with Crippen molar-refractivity contribution < 1.29 is 13.2 Å². The Morgan fingerprint density at radius 3 is 2.67 bits per heavy atom. The highest BCUT2D eigenvalue weighted by Crippen LogP contribution is 2.33. The van der Waals surface area contributed by atoms with Crippen LogP contribution in [0, 0.1) is 5.92 Å². The van der Waals surface area contributed by atoms with Crippen LogP contribution in [0.2, 0.25) is 0 Å². The van der Waals surface area contributed by atoms with Gasteiger partial charge in [0.15, 0.2) is 0 Å². The van der Waals surface area contributed by atoms with E-state index in [9.17, 15) is 13.2 Å². The molecule has 0 aromatic carbocycles. The van der Waals surface area contributed by atoms with E-state index in [1.165, 1.54) is 36.7 Å². The van der Waals surface area contributed by atoms with Crippen molar-refractivity contribution in [2.24, 2.45) is 5.92 Å². The van der Waals surface area contributed by atoms with E-state index < -0.39 is 12.0 Å². The van der Waals surface area contributed by atoms with Crippen molar-refractivity contribution in [3.63, 3.8) is 0 Å². The zero-order valence-electron chi connectivity index (χ0n) is 12.2. The maximum Gasteiger partial charge on any atom is 0.449 e. The van der Waals surface area contributed by atoms with Gasteiger partial charge in [0.25, 0.3) is 0 Å². The lowest BCUT2D eigenvalue weighted by atomic mass is 9.87. The number of halogens is 3. The number of nitrogens with zero attached hydrogens (tertiary/aromatic N) is 2. The fourth-order valence-corrected chi connectivity index (χ4v) is 3.62. The van der Waals surface area contributed by atoms with E-state index in [1.54, 1.807) is 0 Å². The summed E-state index contributed by atoms with van der Waals surface area (Å²) < 4.78 is 41.0. The Hall–Kier alpha value is -1.04. The van der Waals surface area contributed by atoms with Crippen molar-refractivity contribution in [2.45, 2.75) is 64.2 Å². The molecule has 1 aromatic rings. The predicted octanol–water partition coefficient (Wildman–Crippen LogP) is 3.52. The van der Waals surface area contributed by atoms with Gasteiger partial charge in [-0.2, -0.15) is 13.2 Å². The van der Waals surface area contributed by atoms with Crippen LogP contribution in [-0.4, -0.2) is 16.1 Å². The summed E-state index contributed by atoms with van der Waals surface area (Å²) >= 11 is 0. The van der Waals surface area contributed by atoms with Gasteiger partial charge in [0.05, 0.1) is 5.69 Å². The number of hydrogen-bond acceptors (Lipinski definition) is 2. The molecular formula is C15H22F3N3. The van der Waals surface area contributed by atoms with E-state index in [0.717, 1.165) is 18.7 Å². The van der Waals surface area contributed by atoms with E-state index in [2.05, 4.69) is 10.3 Å². The minimum absolute atomic E-state index is 0.453. The van der Waals surface area contributed by atoms with Crippen molar-refractivity contribution >= 4 is 0 Å². The third-order valence-corrected chi connectivity index (χ3v) is 4.73. The Kier molecular flexibility index (Phi) is 4.24. The molecule has 0 radical (unpaired) electrons. The number of fused-ring (bicyclic) bond motifs is 1. The van der Waals surface area contributed by atoms with Gasteiger partial charge in [-0.15, -0.1) is 0 Å². The summed E-state index contributed by atoms with van der Waals surface area (Å²) in [6.07, 6.45) is 3.19. The van der Waals surface area contributed by atoms with E-state index in [4.69, 9.17) is 0 Å². The van der Waals surface area contributed by atoms with Crippen LogP contribution in [0.3, 0.4) is 0 Å². The normalized spacial score (nSPS) is 20.5. The largest absolute Gasteiger partial charge is 0.449 e. The third-order valence-electron chi connectivity index (χ3n) is 4.73. The second-order valence-electron chi connectivity index (χ2n) is 6.20. The van der Waals surface area contributed by atoms with Crippen molar-refractivity contribution in [3.8, 4) is 0 Å². The van der Waals surface area contributed by atoms with E-state index in [-0.39, 0.29) is 0 Å². The highest BCUT2D eigenvalue weighted by Gasteiger charge is 2.39. The molecule has 2 heterocycles. The summed E-state index contributed by atoms with van der Waals surface area (Å²) in [5, 5.41) is 3.10. The molecule has 1 N–H and O–H groups in total. The van der Waals surface area contributed by atoms with Gasteiger partial charge >= 0.3 is 6.18 Å².